The molecule has 4 rings (SSSR count). The number of hydrogen-bond donors (Lipinski definition) is 1. The van der Waals surface area contributed by atoms with E-state index < -0.39 is 5.92 Å². The summed E-state index contributed by atoms with van der Waals surface area (Å²) in [6.45, 7) is 0. The van der Waals surface area contributed by atoms with E-state index in [2.05, 4.69) is 6.07 Å². The van der Waals surface area contributed by atoms with Gasteiger partial charge in [0.2, 0.25) is 5.88 Å². The van der Waals surface area contributed by atoms with Crippen LogP contribution in [0.15, 0.2) is 77.4 Å². The van der Waals surface area contributed by atoms with Crippen molar-refractivity contribution in [3.05, 3.63) is 88.5 Å². The first-order valence-electron chi connectivity index (χ1n) is 9.65. The van der Waals surface area contributed by atoms with Crippen molar-refractivity contribution in [3.63, 3.8) is 0 Å². The highest BCUT2D eigenvalue weighted by Gasteiger charge is 2.40. The molecule has 0 radical (unpaired) electrons. The van der Waals surface area contributed by atoms with Gasteiger partial charge in [-0.3, -0.25) is 4.79 Å². The van der Waals surface area contributed by atoms with Crippen LogP contribution >= 0.6 is 0 Å². The second-order valence-corrected chi connectivity index (χ2v) is 7.69. The normalized spacial score (nSPS) is 21.3. The van der Waals surface area contributed by atoms with Crippen molar-refractivity contribution in [2.24, 2.45) is 5.73 Å². The molecule has 2 aromatic carbocycles. The Morgan fingerprint density at radius 3 is 2.34 bits per heavy atom. The second kappa shape index (κ2) is 7.48. The summed E-state index contributed by atoms with van der Waals surface area (Å²) < 4.78 is 5.82. The average Bonchev–Trinajstić information content (AvgIpc) is 2.73. The van der Waals surface area contributed by atoms with Crippen LogP contribution in [-0.2, 0) is 9.53 Å². The van der Waals surface area contributed by atoms with Crippen LogP contribution in [0, 0.1) is 11.3 Å². The molecule has 0 amide bonds. The van der Waals surface area contributed by atoms with Crippen LogP contribution in [0.1, 0.15) is 35.8 Å². The smallest absolute Gasteiger partial charge is 0.205 e. The number of Topliss-reactive ketones (excluding diaryl/α,β-unsaturated/α-hetero) is 1. The summed E-state index contributed by atoms with van der Waals surface area (Å²) in [4.78, 5) is 15.2. The molecule has 1 heterocycles. The van der Waals surface area contributed by atoms with E-state index in [0.29, 0.717) is 29.7 Å². The lowest BCUT2D eigenvalue weighted by atomic mass is 9.73. The number of nitriles is 1. The highest BCUT2D eigenvalue weighted by Crippen LogP contribution is 2.46. The number of carbonyl (C=O) groups excluding carboxylic acids is 1. The minimum absolute atomic E-state index is 0.0158. The molecule has 0 fully saturated rings. The highest BCUT2D eigenvalue weighted by molar-refractivity contribution is 6.00. The molecule has 0 aromatic heterocycles. The van der Waals surface area contributed by atoms with Crippen LogP contribution in [0.2, 0.25) is 0 Å². The minimum Gasteiger partial charge on any atom is -0.444 e. The number of ketones is 1. The third kappa shape index (κ3) is 3.38. The number of ether oxygens (including phenoxy) is 1. The van der Waals surface area contributed by atoms with E-state index in [9.17, 15) is 10.1 Å². The lowest BCUT2D eigenvalue weighted by molar-refractivity contribution is -0.117. The fourth-order valence-electron chi connectivity index (χ4n) is 4.17. The zero-order valence-electron chi connectivity index (χ0n) is 16.6. The molecular formula is C24H23N3O2. The van der Waals surface area contributed by atoms with Crippen LogP contribution in [0.4, 0.5) is 5.69 Å². The van der Waals surface area contributed by atoms with Gasteiger partial charge in [0.05, 0.1) is 5.92 Å². The number of nitrogens with zero attached hydrogens (tertiary/aromatic N) is 2. The number of benzene rings is 2. The highest BCUT2D eigenvalue weighted by atomic mass is 16.5. The predicted octanol–water partition coefficient (Wildman–Crippen LogP) is 3.96. The van der Waals surface area contributed by atoms with Gasteiger partial charge in [0, 0.05) is 38.2 Å². The molecule has 1 aliphatic carbocycles. The molecule has 0 bridgehead atoms. The fraction of sp³-hybridized carbons (Fsp3) is 0.250. The first kappa shape index (κ1) is 18.8. The van der Waals surface area contributed by atoms with Crippen molar-refractivity contribution in [1.29, 1.82) is 5.26 Å². The standard InChI is InChI=1S/C24H23N3O2/c1-27(2)18-10-8-16(9-11-18)22-19(14-25)24(26)29-21-13-17(12-20(28)23(21)22)15-6-4-3-5-7-15/h3-11,17,22H,12-13,26H2,1-2H3/t17-,22-/m0/s1. The summed E-state index contributed by atoms with van der Waals surface area (Å²) in [7, 11) is 3.94. The third-order valence-electron chi connectivity index (χ3n) is 5.67. The topological polar surface area (TPSA) is 79.3 Å². The summed E-state index contributed by atoms with van der Waals surface area (Å²) in [6, 6.07) is 20.0. The van der Waals surface area contributed by atoms with Crippen LogP contribution < -0.4 is 10.6 Å². The van der Waals surface area contributed by atoms with E-state index >= 15 is 0 Å². The summed E-state index contributed by atoms with van der Waals surface area (Å²) in [6.07, 6.45) is 0.994. The molecule has 1 aliphatic heterocycles. The number of nitrogens with two attached hydrogens (primary N) is 1. The monoisotopic (exact) mass is 385 g/mol. The van der Waals surface area contributed by atoms with Gasteiger partial charge in [-0.25, -0.2) is 0 Å². The zero-order chi connectivity index (χ0) is 20.5. The number of anilines is 1. The first-order valence-corrected chi connectivity index (χ1v) is 9.65. The zero-order valence-corrected chi connectivity index (χ0v) is 16.6. The lowest BCUT2D eigenvalue weighted by Gasteiger charge is -2.34. The Balaban J connectivity index is 1.76. The van der Waals surface area contributed by atoms with Gasteiger partial charge in [-0.2, -0.15) is 5.26 Å². The van der Waals surface area contributed by atoms with Gasteiger partial charge < -0.3 is 15.4 Å². The Morgan fingerprint density at radius 1 is 1.03 bits per heavy atom. The maximum atomic E-state index is 13.2. The molecule has 146 valence electrons. The summed E-state index contributed by atoms with van der Waals surface area (Å²) in [5, 5.41) is 9.73. The molecule has 0 spiro atoms. The Morgan fingerprint density at radius 2 is 1.72 bits per heavy atom. The Kier molecular flexibility index (Phi) is 4.85. The van der Waals surface area contributed by atoms with Crippen molar-refractivity contribution >= 4 is 11.5 Å². The Hall–Kier alpha value is -3.52. The van der Waals surface area contributed by atoms with Crippen LogP contribution in [0.3, 0.4) is 0 Å². The molecule has 2 aliphatic rings. The second-order valence-electron chi connectivity index (χ2n) is 7.69. The van der Waals surface area contributed by atoms with E-state index in [4.69, 9.17) is 10.5 Å². The molecule has 2 aromatic rings. The van der Waals surface area contributed by atoms with Crippen molar-refractivity contribution < 1.29 is 9.53 Å². The molecule has 0 unspecified atom stereocenters. The first-order chi connectivity index (χ1) is 14.0. The quantitative estimate of drug-likeness (QED) is 0.865. The molecular weight excluding hydrogens is 362 g/mol. The third-order valence-corrected chi connectivity index (χ3v) is 5.67. The van der Waals surface area contributed by atoms with E-state index in [1.807, 2.05) is 73.6 Å². The SMILES string of the molecule is CN(C)c1ccc([C@H]2C(C#N)=C(N)OC3=C2C(=O)C[C@H](c2ccccc2)C3)cc1. The molecule has 0 saturated carbocycles. The van der Waals surface area contributed by atoms with E-state index in [-0.39, 0.29) is 17.6 Å². The Labute approximate surface area is 170 Å². The predicted molar refractivity (Wildman–Crippen MR) is 112 cm³/mol. The molecule has 5 heteroatoms. The van der Waals surface area contributed by atoms with Gasteiger partial charge in [-0.05, 0) is 29.2 Å². The largest absolute Gasteiger partial charge is 0.444 e. The van der Waals surface area contributed by atoms with E-state index in [0.717, 1.165) is 16.8 Å². The van der Waals surface area contributed by atoms with Crippen LogP contribution in [-0.4, -0.2) is 19.9 Å². The van der Waals surface area contributed by atoms with Crippen LogP contribution in [0.5, 0.6) is 0 Å². The van der Waals surface area contributed by atoms with Gasteiger partial charge in [0.15, 0.2) is 5.78 Å². The van der Waals surface area contributed by atoms with Gasteiger partial charge in [0.25, 0.3) is 0 Å². The summed E-state index contributed by atoms with van der Waals surface area (Å²) >= 11 is 0. The molecule has 0 saturated heterocycles. The van der Waals surface area contributed by atoms with Crippen molar-refractivity contribution in [3.8, 4) is 6.07 Å². The summed E-state index contributed by atoms with van der Waals surface area (Å²) in [5.74, 6) is 0.268. The molecule has 2 atom stereocenters. The summed E-state index contributed by atoms with van der Waals surface area (Å²) in [5.41, 5.74) is 10.0. The van der Waals surface area contributed by atoms with Crippen LogP contribution in [0.25, 0.3) is 0 Å². The lowest BCUT2D eigenvalue weighted by Crippen LogP contribution is -2.29. The van der Waals surface area contributed by atoms with Gasteiger partial charge in [-0.1, -0.05) is 42.5 Å². The molecule has 29 heavy (non-hydrogen) atoms. The Bertz CT molecular complexity index is 1040. The number of allylic oxidation sites excluding steroid dienone is 3. The number of carbonyl (C=O) groups is 1. The molecule has 5 nitrogen and oxygen atoms in total. The number of hydrogen-bond acceptors (Lipinski definition) is 5. The number of rotatable bonds is 3. The fourth-order valence-corrected chi connectivity index (χ4v) is 4.17. The maximum absolute atomic E-state index is 13.2. The molecule has 2 N–H and O–H groups in total. The van der Waals surface area contributed by atoms with Gasteiger partial charge in [0.1, 0.15) is 17.4 Å². The van der Waals surface area contributed by atoms with Gasteiger partial charge in [-0.15, -0.1) is 0 Å². The van der Waals surface area contributed by atoms with E-state index in [1.165, 1.54) is 0 Å². The minimum atomic E-state index is -0.482. The van der Waals surface area contributed by atoms with Crippen molar-refractivity contribution in [2.45, 2.75) is 24.7 Å². The maximum Gasteiger partial charge on any atom is 0.205 e. The average molecular weight is 385 g/mol. The van der Waals surface area contributed by atoms with Gasteiger partial charge >= 0.3 is 0 Å². The van der Waals surface area contributed by atoms with E-state index in [1.54, 1.807) is 0 Å². The van der Waals surface area contributed by atoms with Crippen molar-refractivity contribution in [1.82, 2.24) is 0 Å². The van der Waals surface area contributed by atoms with Crippen molar-refractivity contribution in [2.75, 3.05) is 19.0 Å².